The van der Waals surface area contributed by atoms with E-state index in [-0.39, 0.29) is 0 Å². The molecular formula is C2H6NO2P. The molecule has 0 amide bonds. The number of β-amino-alcohol motifs (C(OH)–C–C–N with tert-alkyl or cyclic N) is 1. The first-order chi connectivity index (χ1) is 2.80. The Kier molecular flexibility index (Phi) is 0.960. The molecule has 0 bridgehead atoms. The Morgan fingerprint density at radius 1 is 2.00 bits per heavy atom. The SMILES string of the molecule is O=[PH]1NCC1O. The highest BCUT2D eigenvalue weighted by Gasteiger charge is 2.21. The Bertz CT molecular complexity index is 83.6. The number of nitrogens with one attached hydrogen (secondary N) is 1. The zero-order valence-electron chi connectivity index (χ0n) is 3.14. The molecule has 0 saturated carbocycles. The minimum Gasteiger partial charge on any atom is -0.383 e. The highest BCUT2D eigenvalue weighted by atomic mass is 31.1. The standard InChI is InChI=1S/C2H6NO2P/c4-2-1-3-6(2)5/h2,4,6H,1H2,(H,3,5). The Hall–Kier alpha value is 0.150. The maximum Gasteiger partial charge on any atom is 0.165 e. The number of aliphatic hydroxyl groups excluding tert-OH is 1. The zero-order chi connectivity index (χ0) is 4.57. The molecular weight excluding hydrogens is 101 g/mol. The fourth-order valence-electron chi connectivity index (χ4n) is 0.277. The molecule has 6 heavy (non-hydrogen) atoms. The largest absolute Gasteiger partial charge is 0.383 e. The van der Waals surface area contributed by atoms with Crippen molar-refractivity contribution < 1.29 is 9.67 Å². The lowest BCUT2D eigenvalue weighted by Gasteiger charge is -2.20. The van der Waals surface area contributed by atoms with Crippen molar-refractivity contribution in [2.24, 2.45) is 0 Å². The molecule has 0 aromatic heterocycles. The summed E-state index contributed by atoms with van der Waals surface area (Å²) in [6, 6.07) is 0. The molecule has 4 heteroatoms. The van der Waals surface area contributed by atoms with Crippen molar-refractivity contribution in [3.8, 4) is 0 Å². The molecule has 1 fully saturated rings. The van der Waals surface area contributed by atoms with Crippen molar-refractivity contribution in [3.05, 3.63) is 0 Å². The monoisotopic (exact) mass is 107 g/mol. The van der Waals surface area contributed by atoms with Crippen LogP contribution < -0.4 is 5.09 Å². The van der Waals surface area contributed by atoms with Gasteiger partial charge in [0.25, 0.3) is 0 Å². The summed E-state index contributed by atoms with van der Waals surface area (Å²) in [7, 11) is -1.72. The zero-order valence-corrected chi connectivity index (χ0v) is 4.14. The lowest BCUT2D eigenvalue weighted by molar-refractivity contribution is 0.230. The average molecular weight is 107 g/mol. The van der Waals surface area contributed by atoms with Gasteiger partial charge in [-0.25, -0.2) is 0 Å². The van der Waals surface area contributed by atoms with Gasteiger partial charge in [-0.15, -0.1) is 0 Å². The van der Waals surface area contributed by atoms with E-state index in [9.17, 15) is 4.57 Å². The van der Waals surface area contributed by atoms with E-state index in [1.54, 1.807) is 0 Å². The minimum atomic E-state index is -1.72. The lowest BCUT2D eigenvalue weighted by Crippen LogP contribution is -2.32. The van der Waals surface area contributed by atoms with Gasteiger partial charge in [0, 0.05) is 6.54 Å². The quantitative estimate of drug-likeness (QED) is 0.406. The third kappa shape index (κ3) is 0.492. The van der Waals surface area contributed by atoms with E-state index >= 15 is 0 Å². The molecule has 2 atom stereocenters. The van der Waals surface area contributed by atoms with Crippen molar-refractivity contribution in [3.63, 3.8) is 0 Å². The smallest absolute Gasteiger partial charge is 0.165 e. The number of hydrogen-bond donors (Lipinski definition) is 2. The predicted octanol–water partition coefficient (Wildman–Crippen LogP) is -0.617. The van der Waals surface area contributed by atoms with Crippen LogP contribution in [0.3, 0.4) is 0 Å². The van der Waals surface area contributed by atoms with E-state index in [1.807, 2.05) is 0 Å². The van der Waals surface area contributed by atoms with Gasteiger partial charge in [-0.3, -0.25) is 5.09 Å². The Morgan fingerprint density at radius 3 is 2.50 bits per heavy atom. The van der Waals surface area contributed by atoms with Gasteiger partial charge in [-0.05, 0) is 0 Å². The molecule has 0 aliphatic carbocycles. The molecule has 0 aromatic carbocycles. The van der Waals surface area contributed by atoms with Crippen LogP contribution in [0.25, 0.3) is 0 Å². The fourth-order valence-corrected chi connectivity index (χ4v) is 0.830. The van der Waals surface area contributed by atoms with Crippen molar-refractivity contribution in [1.82, 2.24) is 5.09 Å². The second-order valence-electron chi connectivity index (χ2n) is 1.26. The van der Waals surface area contributed by atoms with E-state index in [2.05, 4.69) is 5.09 Å². The van der Waals surface area contributed by atoms with Crippen LogP contribution in [0.15, 0.2) is 0 Å². The second-order valence-corrected chi connectivity index (χ2v) is 3.01. The van der Waals surface area contributed by atoms with Gasteiger partial charge in [0.05, 0.1) is 0 Å². The van der Waals surface area contributed by atoms with Gasteiger partial charge in [0.1, 0.15) is 5.85 Å². The molecule has 1 saturated heterocycles. The van der Waals surface area contributed by atoms with Gasteiger partial charge in [0.2, 0.25) is 0 Å². The van der Waals surface area contributed by atoms with Crippen LogP contribution in [0, 0.1) is 0 Å². The lowest BCUT2D eigenvalue weighted by atomic mass is 10.7. The van der Waals surface area contributed by atoms with Crippen molar-refractivity contribution in [2.45, 2.75) is 5.85 Å². The maximum absolute atomic E-state index is 10.1. The summed E-state index contributed by atoms with van der Waals surface area (Å²) < 4.78 is 10.1. The van der Waals surface area contributed by atoms with Crippen LogP contribution in [0.4, 0.5) is 0 Å². The van der Waals surface area contributed by atoms with Crippen LogP contribution in [0.2, 0.25) is 0 Å². The van der Waals surface area contributed by atoms with E-state index in [0.717, 1.165) is 0 Å². The highest BCUT2D eigenvalue weighted by molar-refractivity contribution is 7.44. The summed E-state index contributed by atoms with van der Waals surface area (Å²) in [6.45, 7) is 0.512. The van der Waals surface area contributed by atoms with E-state index in [1.165, 1.54) is 0 Å². The molecule has 1 aliphatic rings. The number of hydrogen-bond acceptors (Lipinski definition) is 2. The van der Waals surface area contributed by atoms with Crippen LogP contribution in [-0.4, -0.2) is 17.5 Å². The maximum atomic E-state index is 10.1. The average Bonchev–Trinajstić information content (AvgIpc) is 1.61. The third-order valence-corrected chi connectivity index (χ3v) is 2.13. The van der Waals surface area contributed by atoms with Gasteiger partial charge < -0.3 is 9.67 Å². The number of aliphatic hydroxyl groups is 1. The van der Waals surface area contributed by atoms with Crippen molar-refractivity contribution in [1.29, 1.82) is 0 Å². The summed E-state index contributed by atoms with van der Waals surface area (Å²) in [5.74, 6) is -0.532. The van der Waals surface area contributed by atoms with E-state index in [0.29, 0.717) is 6.54 Å². The third-order valence-electron chi connectivity index (χ3n) is 0.772. The van der Waals surface area contributed by atoms with Crippen LogP contribution in [0.1, 0.15) is 0 Å². The summed E-state index contributed by atoms with van der Waals surface area (Å²) >= 11 is 0. The topological polar surface area (TPSA) is 49.3 Å². The fraction of sp³-hybridized carbons (Fsp3) is 1.00. The molecule has 0 spiro atoms. The van der Waals surface area contributed by atoms with Crippen molar-refractivity contribution in [2.75, 3.05) is 6.54 Å². The summed E-state index contributed by atoms with van der Waals surface area (Å²) in [5.41, 5.74) is 0. The highest BCUT2D eigenvalue weighted by Crippen LogP contribution is 2.28. The van der Waals surface area contributed by atoms with Gasteiger partial charge in [-0.1, -0.05) is 0 Å². The van der Waals surface area contributed by atoms with Crippen molar-refractivity contribution >= 4 is 7.95 Å². The molecule has 1 aliphatic heterocycles. The molecule has 2 unspecified atom stereocenters. The first kappa shape index (κ1) is 4.31. The Morgan fingerprint density at radius 2 is 2.50 bits per heavy atom. The molecule has 1 rings (SSSR count). The molecule has 1 heterocycles. The van der Waals surface area contributed by atoms with E-state index < -0.39 is 13.8 Å². The summed E-state index contributed by atoms with van der Waals surface area (Å²) in [5, 5.41) is 10.9. The van der Waals surface area contributed by atoms with Crippen LogP contribution >= 0.6 is 7.95 Å². The summed E-state index contributed by atoms with van der Waals surface area (Å²) in [4.78, 5) is 0. The van der Waals surface area contributed by atoms with Gasteiger partial charge in [0.15, 0.2) is 7.95 Å². The first-order valence-electron chi connectivity index (χ1n) is 1.76. The minimum absolute atomic E-state index is 0.512. The molecule has 0 aromatic rings. The van der Waals surface area contributed by atoms with Crippen LogP contribution in [0.5, 0.6) is 0 Å². The van der Waals surface area contributed by atoms with E-state index in [4.69, 9.17) is 5.11 Å². The molecule has 36 valence electrons. The van der Waals surface area contributed by atoms with Gasteiger partial charge >= 0.3 is 0 Å². The second kappa shape index (κ2) is 1.34. The molecule has 3 nitrogen and oxygen atoms in total. The molecule has 2 N–H and O–H groups in total. The normalized spacial score (nSPS) is 44.8. The first-order valence-corrected chi connectivity index (χ1v) is 3.25. The van der Waals surface area contributed by atoms with Gasteiger partial charge in [-0.2, -0.15) is 0 Å². The summed E-state index contributed by atoms with van der Waals surface area (Å²) in [6.07, 6.45) is 0. The molecule has 0 radical (unpaired) electrons. The predicted molar refractivity (Wildman–Crippen MR) is 23.0 cm³/mol. The number of rotatable bonds is 0. The Balaban J connectivity index is 2.39. The Labute approximate surface area is 36.2 Å². The van der Waals surface area contributed by atoms with Crippen LogP contribution in [-0.2, 0) is 4.57 Å².